The highest BCUT2D eigenvalue weighted by Crippen LogP contribution is 2.38. The molecule has 1 saturated heterocycles. The lowest BCUT2D eigenvalue weighted by molar-refractivity contribution is -0.137. The average molecular weight is 376 g/mol. The number of hydrogen-bond acceptors (Lipinski definition) is 5. The third kappa shape index (κ3) is 3.41. The summed E-state index contributed by atoms with van der Waals surface area (Å²) < 4.78 is 5.27. The summed E-state index contributed by atoms with van der Waals surface area (Å²) in [7, 11) is 0. The van der Waals surface area contributed by atoms with Crippen molar-refractivity contribution in [2.45, 2.75) is 52.0 Å². The van der Waals surface area contributed by atoms with Gasteiger partial charge in [0.15, 0.2) is 0 Å². The number of carbonyl (C=O) groups is 4. The Hall–Kier alpha value is -2.84. The first-order valence-corrected chi connectivity index (χ1v) is 9.05. The minimum atomic E-state index is -0.912. The van der Waals surface area contributed by atoms with Gasteiger partial charge in [-0.15, -0.1) is 0 Å². The number of carbonyl (C=O) groups excluding carboxylic acids is 4. The number of furan rings is 1. The van der Waals surface area contributed by atoms with Gasteiger partial charge in [0.25, 0.3) is 17.7 Å². The largest absolute Gasteiger partial charge is 0.466 e. The number of aryl methyl sites for hydroxylation is 2. The molecule has 3 N–H and O–H groups in total. The second kappa shape index (κ2) is 7.05. The Morgan fingerprint density at radius 3 is 2.67 bits per heavy atom. The van der Waals surface area contributed by atoms with Gasteiger partial charge in [0.2, 0.25) is 0 Å². The maximum Gasteiger partial charge on any atom is 0.325 e. The highest BCUT2D eigenvalue weighted by atomic mass is 16.3. The van der Waals surface area contributed by atoms with Crippen LogP contribution >= 0.6 is 0 Å². The fourth-order valence-electron chi connectivity index (χ4n) is 3.87. The van der Waals surface area contributed by atoms with Gasteiger partial charge < -0.3 is 9.73 Å². The molecule has 3 rings (SSSR count). The monoisotopic (exact) mass is 376 g/mol. The van der Waals surface area contributed by atoms with E-state index in [4.69, 9.17) is 4.42 Å². The van der Waals surface area contributed by atoms with Crippen molar-refractivity contribution in [3.05, 3.63) is 23.2 Å². The van der Waals surface area contributed by atoms with Gasteiger partial charge in [0.1, 0.15) is 23.6 Å². The Balaban J connectivity index is 1.59. The van der Waals surface area contributed by atoms with Crippen molar-refractivity contribution in [1.82, 2.24) is 21.1 Å². The molecule has 2 atom stereocenters. The summed E-state index contributed by atoms with van der Waals surface area (Å²) >= 11 is 0. The fraction of sp³-hybridized carbons (Fsp3) is 0.556. The molecule has 1 saturated carbocycles. The van der Waals surface area contributed by atoms with Crippen LogP contribution in [0.4, 0.5) is 4.79 Å². The molecule has 1 aliphatic heterocycles. The molecule has 27 heavy (non-hydrogen) atoms. The molecule has 5 amide bonds. The van der Waals surface area contributed by atoms with E-state index in [1.807, 2.05) is 6.92 Å². The molecule has 0 bridgehead atoms. The first-order valence-electron chi connectivity index (χ1n) is 9.05. The van der Waals surface area contributed by atoms with Crippen molar-refractivity contribution in [3.8, 4) is 0 Å². The van der Waals surface area contributed by atoms with Gasteiger partial charge in [-0.3, -0.25) is 30.1 Å². The number of nitrogens with zero attached hydrogens (tertiary/aromatic N) is 1. The third-order valence-corrected chi connectivity index (χ3v) is 5.40. The number of hydrazine groups is 1. The summed E-state index contributed by atoms with van der Waals surface area (Å²) in [6, 6.07) is 0.985. The normalized spacial score (nSPS) is 24.9. The minimum absolute atomic E-state index is 0.0165. The Labute approximate surface area is 156 Å². The van der Waals surface area contributed by atoms with Crippen LogP contribution in [0.3, 0.4) is 0 Å². The Kier molecular flexibility index (Phi) is 4.95. The zero-order valence-corrected chi connectivity index (χ0v) is 15.7. The average Bonchev–Trinajstić information content (AvgIpc) is 3.07. The van der Waals surface area contributed by atoms with Gasteiger partial charge >= 0.3 is 6.03 Å². The van der Waals surface area contributed by atoms with E-state index >= 15 is 0 Å². The van der Waals surface area contributed by atoms with Gasteiger partial charge in [0, 0.05) is 0 Å². The molecular formula is C18H24N4O5. The number of amides is 5. The van der Waals surface area contributed by atoms with Gasteiger partial charge in [-0.2, -0.15) is 0 Å². The SMILES string of the molecule is Cc1cc(C(=O)NNC(=O)CN2C(=O)N[C@@]3(CCCC[C@@H]3C)C2=O)c(C)o1. The van der Waals surface area contributed by atoms with E-state index in [9.17, 15) is 19.2 Å². The Morgan fingerprint density at radius 2 is 2.04 bits per heavy atom. The summed E-state index contributed by atoms with van der Waals surface area (Å²) in [5.41, 5.74) is 3.89. The highest BCUT2D eigenvalue weighted by molar-refractivity contribution is 6.09. The zero-order valence-electron chi connectivity index (χ0n) is 15.7. The number of nitrogens with one attached hydrogen (secondary N) is 3. The fourth-order valence-corrected chi connectivity index (χ4v) is 3.87. The van der Waals surface area contributed by atoms with Crippen LogP contribution in [0.25, 0.3) is 0 Å². The molecule has 9 nitrogen and oxygen atoms in total. The van der Waals surface area contributed by atoms with E-state index in [1.165, 1.54) is 0 Å². The summed E-state index contributed by atoms with van der Waals surface area (Å²) in [5, 5.41) is 2.78. The van der Waals surface area contributed by atoms with Crippen LogP contribution in [0, 0.1) is 19.8 Å². The first-order chi connectivity index (χ1) is 12.7. The van der Waals surface area contributed by atoms with Gasteiger partial charge in [-0.1, -0.05) is 19.8 Å². The minimum Gasteiger partial charge on any atom is -0.466 e. The molecular weight excluding hydrogens is 352 g/mol. The number of rotatable bonds is 3. The van der Waals surface area contributed by atoms with E-state index in [2.05, 4.69) is 16.2 Å². The van der Waals surface area contributed by atoms with Crippen LogP contribution in [0.1, 0.15) is 54.5 Å². The van der Waals surface area contributed by atoms with E-state index in [1.54, 1.807) is 19.9 Å². The molecule has 1 aromatic rings. The molecule has 0 aromatic carbocycles. The third-order valence-electron chi connectivity index (χ3n) is 5.40. The molecule has 0 unspecified atom stereocenters. The van der Waals surface area contributed by atoms with Crippen molar-refractivity contribution in [3.63, 3.8) is 0 Å². The maximum absolute atomic E-state index is 12.8. The molecule has 0 radical (unpaired) electrons. The van der Waals surface area contributed by atoms with Crippen molar-refractivity contribution < 1.29 is 23.6 Å². The first kappa shape index (κ1) is 18.9. The predicted molar refractivity (Wildman–Crippen MR) is 94.4 cm³/mol. The van der Waals surface area contributed by atoms with Crippen LogP contribution in [-0.4, -0.2) is 40.7 Å². The maximum atomic E-state index is 12.8. The lowest BCUT2D eigenvalue weighted by Gasteiger charge is -2.36. The van der Waals surface area contributed by atoms with Crippen molar-refractivity contribution in [2.75, 3.05) is 6.54 Å². The molecule has 146 valence electrons. The molecule has 1 spiro atoms. The van der Waals surface area contributed by atoms with Gasteiger partial charge in [-0.05, 0) is 38.7 Å². The van der Waals surface area contributed by atoms with Crippen LogP contribution in [0.2, 0.25) is 0 Å². The lowest BCUT2D eigenvalue weighted by Crippen LogP contribution is -2.54. The molecule has 9 heteroatoms. The van der Waals surface area contributed by atoms with E-state index < -0.39 is 29.9 Å². The summed E-state index contributed by atoms with van der Waals surface area (Å²) in [6.07, 6.45) is 3.31. The van der Waals surface area contributed by atoms with Crippen molar-refractivity contribution in [1.29, 1.82) is 0 Å². The highest BCUT2D eigenvalue weighted by Gasteiger charge is 2.55. The van der Waals surface area contributed by atoms with Crippen molar-refractivity contribution >= 4 is 23.8 Å². The quantitative estimate of drug-likeness (QED) is 0.540. The van der Waals surface area contributed by atoms with E-state index in [-0.39, 0.29) is 11.8 Å². The summed E-state index contributed by atoms with van der Waals surface area (Å²) in [5.74, 6) is -0.542. The van der Waals surface area contributed by atoms with Crippen LogP contribution in [0.15, 0.2) is 10.5 Å². The van der Waals surface area contributed by atoms with Gasteiger partial charge in [-0.25, -0.2) is 4.79 Å². The molecule has 2 aliphatic rings. The van der Waals surface area contributed by atoms with E-state index in [0.717, 1.165) is 24.2 Å². The molecule has 2 heterocycles. The van der Waals surface area contributed by atoms with E-state index in [0.29, 0.717) is 23.5 Å². The lowest BCUT2D eigenvalue weighted by atomic mass is 9.73. The molecule has 2 fully saturated rings. The molecule has 1 aromatic heterocycles. The van der Waals surface area contributed by atoms with Crippen molar-refractivity contribution in [2.24, 2.45) is 5.92 Å². The molecule has 1 aliphatic carbocycles. The van der Waals surface area contributed by atoms with Crippen LogP contribution in [-0.2, 0) is 9.59 Å². The van der Waals surface area contributed by atoms with Crippen LogP contribution in [0.5, 0.6) is 0 Å². The summed E-state index contributed by atoms with van der Waals surface area (Å²) in [6.45, 7) is 4.84. The number of imide groups is 1. The number of urea groups is 1. The topological polar surface area (TPSA) is 121 Å². The second-order valence-corrected chi connectivity index (χ2v) is 7.27. The van der Waals surface area contributed by atoms with Crippen LogP contribution < -0.4 is 16.2 Å². The Bertz CT molecular complexity index is 802. The predicted octanol–water partition coefficient (Wildman–Crippen LogP) is 1.16. The Morgan fingerprint density at radius 1 is 1.30 bits per heavy atom. The number of hydrogen-bond donors (Lipinski definition) is 3. The smallest absolute Gasteiger partial charge is 0.325 e. The second-order valence-electron chi connectivity index (χ2n) is 7.27. The zero-order chi connectivity index (χ0) is 19.8. The standard InChI is InChI=1S/C18H24N4O5/c1-10-6-4-5-7-18(10)16(25)22(17(26)19-18)9-14(23)20-21-15(24)13-8-11(2)27-12(13)3/h8,10H,4-7,9H2,1-3H3,(H,19,26)(H,20,23)(H,21,24)/t10-,18+/m0/s1. The summed E-state index contributed by atoms with van der Waals surface area (Å²) in [4.78, 5) is 50.2. The van der Waals surface area contributed by atoms with Gasteiger partial charge in [0.05, 0.1) is 5.56 Å².